The molecule has 7 heteroatoms. The summed E-state index contributed by atoms with van der Waals surface area (Å²) in [5, 5.41) is 3.04. The summed E-state index contributed by atoms with van der Waals surface area (Å²) in [6, 6.07) is 15.3. The molecule has 0 saturated heterocycles. The molecule has 0 heterocycles. The van der Waals surface area contributed by atoms with Gasteiger partial charge >= 0.3 is 0 Å². The molecule has 2 atom stereocenters. The van der Waals surface area contributed by atoms with Gasteiger partial charge in [0, 0.05) is 22.8 Å². The Morgan fingerprint density at radius 2 is 1.81 bits per heavy atom. The Balaban J connectivity index is 2.15. The summed E-state index contributed by atoms with van der Waals surface area (Å²) >= 11 is 5.00. The van der Waals surface area contributed by atoms with Gasteiger partial charge in [-0.25, -0.2) is 0 Å². The maximum Gasteiger partial charge on any atom is 0.243 e. The minimum Gasteiger partial charge on any atom is -0.497 e. The lowest BCUT2D eigenvalue weighted by molar-refractivity contribution is -0.139. The normalized spacial score (nSPS) is 12.7. The molecule has 2 rings (SSSR count). The molecule has 0 aromatic heterocycles. The largest absolute Gasteiger partial charge is 0.497 e. The van der Waals surface area contributed by atoms with Gasteiger partial charge in [0.15, 0.2) is 0 Å². The summed E-state index contributed by atoms with van der Waals surface area (Å²) in [7, 11) is 1.62. The first-order valence-corrected chi connectivity index (χ1v) is 12.9. The Kier molecular flexibility index (Phi) is 11.1. The summed E-state index contributed by atoms with van der Waals surface area (Å²) in [5.41, 5.74) is 2.09. The van der Waals surface area contributed by atoms with Gasteiger partial charge in [0.2, 0.25) is 11.8 Å². The third-order valence-electron chi connectivity index (χ3n) is 5.28. The van der Waals surface area contributed by atoms with E-state index in [1.54, 1.807) is 23.8 Å². The molecule has 0 fully saturated rings. The number of ether oxygens (including phenoxy) is 1. The van der Waals surface area contributed by atoms with Crippen molar-refractivity contribution >= 4 is 39.5 Å². The number of halogens is 1. The molecule has 174 valence electrons. The van der Waals surface area contributed by atoms with Crippen LogP contribution in [0.25, 0.3) is 0 Å². The van der Waals surface area contributed by atoms with Crippen molar-refractivity contribution in [1.82, 2.24) is 10.2 Å². The second kappa shape index (κ2) is 13.5. The van der Waals surface area contributed by atoms with Crippen LogP contribution >= 0.6 is 27.7 Å². The second-order valence-corrected chi connectivity index (χ2v) is 9.64. The number of rotatable bonds is 12. The Bertz CT molecular complexity index is 876. The molecule has 0 radical (unpaired) electrons. The predicted octanol–water partition coefficient (Wildman–Crippen LogP) is 5.41. The lowest BCUT2D eigenvalue weighted by Crippen LogP contribution is -2.51. The van der Waals surface area contributed by atoms with Crippen LogP contribution in [0.2, 0.25) is 0 Å². The third kappa shape index (κ3) is 8.17. The Morgan fingerprint density at radius 3 is 2.44 bits per heavy atom. The zero-order valence-electron chi connectivity index (χ0n) is 19.3. The van der Waals surface area contributed by atoms with Crippen LogP contribution in [0.5, 0.6) is 5.75 Å². The van der Waals surface area contributed by atoms with E-state index in [2.05, 4.69) is 21.2 Å². The van der Waals surface area contributed by atoms with Crippen LogP contribution < -0.4 is 10.1 Å². The number of benzene rings is 2. The highest BCUT2D eigenvalue weighted by Crippen LogP contribution is 2.20. The predicted molar refractivity (Wildman–Crippen MR) is 136 cm³/mol. The van der Waals surface area contributed by atoms with Crippen LogP contribution in [0.3, 0.4) is 0 Å². The lowest BCUT2D eigenvalue weighted by Gasteiger charge is -2.31. The highest BCUT2D eigenvalue weighted by atomic mass is 79.9. The van der Waals surface area contributed by atoms with Gasteiger partial charge in [-0.2, -0.15) is 0 Å². The van der Waals surface area contributed by atoms with E-state index in [4.69, 9.17) is 4.74 Å². The van der Waals surface area contributed by atoms with E-state index >= 15 is 0 Å². The SMILES string of the molecule is CC[C@@H](C)NC(=O)[C@H](CC)N(Cc1cccc(OC)c1)C(=O)CSCc1ccc(Br)cc1. The number of methoxy groups -OCH3 is 1. The highest BCUT2D eigenvalue weighted by molar-refractivity contribution is 9.10. The van der Waals surface area contributed by atoms with Crippen molar-refractivity contribution < 1.29 is 14.3 Å². The summed E-state index contributed by atoms with van der Waals surface area (Å²) < 4.78 is 6.36. The van der Waals surface area contributed by atoms with Crippen molar-refractivity contribution in [2.24, 2.45) is 0 Å². The van der Waals surface area contributed by atoms with Gasteiger partial charge in [-0.05, 0) is 55.2 Å². The average Bonchev–Trinajstić information content (AvgIpc) is 2.80. The summed E-state index contributed by atoms with van der Waals surface area (Å²) in [6.45, 7) is 6.32. The fraction of sp³-hybridized carbons (Fsp3) is 0.440. The van der Waals surface area contributed by atoms with Crippen molar-refractivity contribution in [3.05, 3.63) is 64.1 Å². The maximum absolute atomic E-state index is 13.3. The zero-order chi connectivity index (χ0) is 23.5. The molecule has 0 aliphatic heterocycles. The van der Waals surface area contributed by atoms with Gasteiger partial charge in [0.1, 0.15) is 11.8 Å². The number of thioether (sulfide) groups is 1. The molecule has 0 aliphatic rings. The second-order valence-electron chi connectivity index (χ2n) is 7.73. The van der Waals surface area contributed by atoms with E-state index in [0.29, 0.717) is 18.7 Å². The molecule has 5 nitrogen and oxygen atoms in total. The Hall–Kier alpha value is -1.99. The number of hydrogen-bond donors (Lipinski definition) is 1. The smallest absolute Gasteiger partial charge is 0.243 e. The maximum atomic E-state index is 13.3. The van der Waals surface area contributed by atoms with E-state index in [1.165, 1.54) is 0 Å². The summed E-state index contributed by atoms with van der Waals surface area (Å²) in [4.78, 5) is 28.0. The molecule has 1 N–H and O–H groups in total. The number of hydrogen-bond acceptors (Lipinski definition) is 4. The van der Waals surface area contributed by atoms with E-state index in [1.807, 2.05) is 69.3 Å². The fourth-order valence-corrected chi connectivity index (χ4v) is 4.38. The molecule has 0 spiro atoms. The number of carbonyl (C=O) groups is 2. The van der Waals surface area contributed by atoms with E-state index < -0.39 is 6.04 Å². The van der Waals surface area contributed by atoms with Crippen molar-refractivity contribution in [1.29, 1.82) is 0 Å². The first kappa shape index (κ1) is 26.3. The van der Waals surface area contributed by atoms with Crippen LogP contribution in [0.1, 0.15) is 44.7 Å². The third-order valence-corrected chi connectivity index (χ3v) is 6.80. The van der Waals surface area contributed by atoms with Gasteiger partial charge < -0.3 is 15.0 Å². The van der Waals surface area contributed by atoms with Gasteiger partial charge in [-0.1, -0.05) is 54.0 Å². The lowest BCUT2D eigenvalue weighted by atomic mass is 10.1. The monoisotopic (exact) mass is 520 g/mol. The van der Waals surface area contributed by atoms with Crippen LogP contribution in [-0.2, 0) is 21.9 Å². The number of carbonyl (C=O) groups excluding carboxylic acids is 2. The van der Waals surface area contributed by atoms with Crippen molar-refractivity contribution in [3.63, 3.8) is 0 Å². The standard InChI is InChI=1S/C25H33BrN2O3S/c1-5-18(3)27-25(30)23(6-2)28(15-20-8-7-9-22(14-20)31-4)24(29)17-32-16-19-10-12-21(26)13-11-19/h7-14,18,23H,5-6,15-17H2,1-4H3,(H,27,30)/t18-,23+/m1/s1. The Morgan fingerprint density at radius 1 is 1.09 bits per heavy atom. The molecular formula is C25H33BrN2O3S. The minimum absolute atomic E-state index is 0.0407. The molecule has 32 heavy (non-hydrogen) atoms. The van der Waals surface area contributed by atoms with E-state index in [-0.39, 0.29) is 17.9 Å². The van der Waals surface area contributed by atoms with E-state index in [9.17, 15) is 9.59 Å². The zero-order valence-corrected chi connectivity index (χ0v) is 21.7. The molecule has 0 saturated carbocycles. The van der Waals surface area contributed by atoms with Gasteiger partial charge in [0.25, 0.3) is 0 Å². The van der Waals surface area contributed by atoms with Crippen molar-refractivity contribution in [2.75, 3.05) is 12.9 Å². The summed E-state index contributed by atoms with van der Waals surface area (Å²) in [5.74, 6) is 1.64. The van der Waals surface area contributed by atoms with Crippen LogP contribution in [0, 0.1) is 0 Å². The number of amides is 2. The molecule has 2 aromatic rings. The molecular weight excluding hydrogens is 488 g/mol. The average molecular weight is 522 g/mol. The first-order valence-electron chi connectivity index (χ1n) is 10.9. The molecule has 0 unspecified atom stereocenters. The van der Waals surface area contributed by atoms with Crippen LogP contribution in [0.15, 0.2) is 53.0 Å². The highest BCUT2D eigenvalue weighted by Gasteiger charge is 2.29. The minimum atomic E-state index is -0.518. The first-order chi connectivity index (χ1) is 15.4. The van der Waals surface area contributed by atoms with Crippen LogP contribution in [-0.4, -0.2) is 41.7 Å². The molecule has 0 aliphatic carbocycles. The van der Waals surface area contributed by atoms with Crippen LogP contribution in [0.4, 0.5) is 0 Å². The van der Waals surface area contributed by atoms with Gasteiger partial charge in [-0.15, -0.1) is 11.8 Å². The molecule has 2 amide bonds. The topological polar surface area (TPSA) is 58.6 Å². The number of nitrogens with one attached hydrogen (secondary N) is 1. The van der Waals surface area contributed by atoms with Crippen molar-refractivity contribution in [2.45, 2.75) is 58.0 Å². The van der Waals surface area contributed by atoms with Gasteiger partial charge in [0.05, 0.1) is 12.9 Å². The van der Waals surface area contributed by atoms with Gasteiger partial charge in [-0.3, -0.25) is 9.59 Å². The molecule has 2 aromatic carbocycles. The van der Waals surface area contributed by atoms with Crippen molar-refractivity contribution in [3.8, 4) is 5.75 Å². The Labute approximate surface area is 204 Å². The molecule has 0 bridgehead atoms. The number of nitrogens with zero attached hydrogens (tertiary/aromatic N) is 1. The fourth-order valence-electron chi connectivity index (χ4n) is 3.25. The quantitative estimate of drug-likeness (QED) is 0.406. The van der Waals surface area contributed by atoms with E-state index in [0.717, 1.165) is 33.5 Å². The summed E-state index contributed by atoms with van der Waals surface area (Å²) in [6.07, 6.45) is 1.39.